The third kappa shape index (κ3) is 9.37. The number of carboxylic acids is 1. The second-order valence-corrected chi connectivity index (χ2v) is 10.1. The summed E-state index contributed by atoms with van der Waals surface area (Å²) in [6.07, 6.45) is 9.53. The summed E-state index contributed by atoms with van der Waals surface area (Å²) in [5.74, 6) is -0.851. The van der Waals surface area contributed by atoms with Gasteiger partial charge >= 0.3 is 5.97 Å². The number of benzene rings is 1. The van der Waals surface area contributed by atoms with Crippen LogP contribution in [0.4, 0.5) is 0 Å². The van der Waals surface area contributed by atoms with Crippen LogP contribution >= 0.6 is 11.6 Å². The van der Waals surface area contributed by atoms with Crippen molar-refractivity contribution in [2.24, 2.45) is 11.8 Å². The van der Waals surface area contributed by atoms with Crippen LogP contribution in [0.25, 0.3) is 0 Å². The minimum Gasteiger partial charge on any atom is -0.481 e. The SMILES string of the molecule is CC(CC(CCCCNS(=O)(=O)c1ccc(Cl)cc1)CCCc1cccnc1)C(=O)O. The number of nitrogens with zero attached hydrogens (tertiary/aromatic N) is 1. The molecule has 2 atom stereocenters. The molecule has 1 heterocycles. The fourth-order valence-corrected chi connectivity index (χ4v) is 4.78. The van der Waals surface area contributed by atoms with Crippen molar-refractivity contribution in [3.05, 3.63) is 59.4 Å². The summed E-state index contributed by atoms with van der Waals surface area (Å²) in [5, 5.41) is 9.76. The summed E-state index contributed by atoms with van der Waals surface area (Å²) in [6.45, 7) is 2.10. The van der Waals surface area contributed by atoms with E-state index in [0.717, 1.165) is 32.1 Å². The molecule has 2 N–H and O–H groups in total. The van der Waals surface area contributed by atoms with Crippen LogP contribution in [0.1, 0.15) is 51.0 Å². The summed E-state index contributed by atoms with van der Waals surface area (Å²) >= 11 is 5.81. The van der Waals surface area contributed by atoms with E-state index in [0.29, 0.717) is 30.3 Å². The molecule has 0 aliphatic carbocycles. The molecule has 2 rings (SSSR count). The number of unbranched alkanes of at least 4 members (excludes halogenated alkanes) is 1. The maximum Gasteiger partial charge on any atom is 0.306 e. The molecular formula is C23H31ClN2O4S. The number of hydrogen-bond donors (Lipinski definition) is 2. The third-order valence-corrected chi connectivity index (χ3v) is 7.09. The Kier molecular flexibility index (Phi) is 10.4. The first-order valence-corrected chi connectivity index (χ1v) is 12.5. The number of pyridine rings is 1. The Bertz CT molecular complexity index is 905. The fraction of sp³-hybridized carbons (Fsp3) is 0.478. The monoisotopic (exact) mass is 466 g/mol. The molecule has 0 radical (unpaired) electrons. The first-order valence-electron chi connectivity index (χ1n) is 10.6. The van der Waals surface area contributed by atoms with E-state index in [1.807, 2.05) is 12.3 Å². The first-order chi connectivity index (χ1) is 14.8. The van der Waals surface area contributed by atoms with E-state index in [-0.39, 0.29) is 10.8 Å². The molecule has 0 fully saturated rings. The zero-order valence-corrected chi connectivity index (χ0v) is 19.4. The Labute approximate surface area is 190 Å². The number of aromatic nitrogens is 1. The molecular weight excluding hydrogens is 436 g/mol. The van der Waals surface area contributed by atoms with Crippen LogP contribution in [0.15, 0.2) is 53.7 Å². The maximum atomic E-state index is 12.3. The fourth-order valence-electron chi connectivity index (χ4n) is 3.58. The summed E-state index contributed by atoms with van der Waals surface area (Å²) in [4.78, 5) is 15.6. The number of hydrogen-bond acceptors (Lipinski definition) is 4. The van der Waals surface area contributed by atoms with Crippen LogP contribution in [-0.2, 0) is 21.2 Å². The van der Waals surface area contributed by atoms with Gasteiger partial charge in [-0.2, -0.15) is 0 Å². The number of nitrogens with one attached hydrogen (secondary N) is 1. The van der Waals surface area contributed by atoms with Crippen molar-refractivity contribution in [3.63, 3.8) is 0 Å². The van der Waals surface area contributed by atoms with Crippen LogP contribution in [-0.4, -0.2) is 31.0 Å². The highest BCUT2D eigenvalue weighted by Crippen LogP contribution is 2.24. The van der Waals surface area contributed by atoms with E-state index < -0.39 is 16.0 Å². The minimum atomic E-state index is -3.55. The van der Waals surface area contributed by atoms with Gasteiger partial charge in [-0.05, 0) is 67.5 Å². The number of halogens is 1. The summed E-state index contributed by atoms with van der Waals surface area (Å²) < 4.78 is 27.2. The smallest absolute Gasteiger partial charge is 0.306 e. The van der Waals surface area contributed by atoms with Crippen LogP contribution in [0.3, 0.4) is 0 Å². The summed E-state index contributed by atoms with van der Waals surface area (Å²) in [7, 11) is -3.55. The van der Waals surface area contributed by atoms with Gasteiger partial charge in [0.2, 0.25) is 10.0 Å². The molecule has 0 bridgehead atoms. The molecule has 0 saturated heterocycles. The van der Waals surface area contributed by atoms with Crippen LogP contribution in [0, 0.1) is 11.8 Å². The number of aryl methyl sites for hydroxylation is 1. The lowest BCUT2D eigenvalue weighted by Gasteiger charge is -2.19. The highest BCUT2D eigenvalue weighted by atomic mass is 35.5. The largest absolute Gasteiger partial charge is 0.481 e. The normalized spacial score (nSPS) is 13.6. The molecule has 1 aromatic carbocycles. The van der Waals surface area contributed by atoms with E-state index in [1.165, 1.54) is 17.7 Å². The van der Waals surface area contributed by atoms with E-state index in [1.54, 1.807) is 25.3 Å². The number of aliphatic carboxylic acids is 1. The van der Waals surface area contributed by atoms with Crippen molar-refractivity contribution >= 4 is 27.6 Å². The van der Waals surface area contributed by atoms with Crippen molar-refractivity contribution in [1.29, 1.82) is 0 Å². The zero-order chi connectivity index (χ0) is 22.7. The molecule has 0 spiro atoms. The molecule has 170 valence electrons. The Hall–Kier alpha value is -1.96. The van der Waals surface area contributed by atoms with Gasteiger partial charge in [0.1, 0.15) is 0 Å². The minimum absolute atomic E-state index is 0.195. The molecule has 0 amide bonds. The molecule has 0 saturated carbocycles. The van der Waals surface area contributed by atoms with E-state index in [9.17, 15) is 18.3 Å². The Morgan fingerprint density at radius 1 is 1.13 bits per heavy atom. The summed E-state index contributed by atoms with van der Waals surface area (Å²) in [5.41, 5.74) is 1.18. The standard InChI is InChI=1S/C23H31ClN2O4S/c1-18(23(27)28)16-19(7-4-8-20-9-5-14-25-17-20)6-2-3-15-26-31(29,30)22-12-10-21(24)11-13-22/h5,9-14,17-19,26H,2-4,6-8,15-16H2,1H3,(H,27,28). The van der Waals surface area contributed by atoms with Crippen molar-refractivity contribution < 1.29 is 18.3 Å². The molecule has 1 aromatic heterocycles. The Morgan fingerprint density at radius 3 is 2.48 bits per heavy atom. The van der Waals surface area contributed by atoms with Gasteiger partial charge < -0.3 is 5.11 Å². The van der Waals surface area contributed by atoms with Gasteiger partial charge in [0.15, 0.2) is 0 Å². The molecule has 0 aliphatic heterocycles. The second-order valence-electron chi connectivity index (χ2n) is 7.94. The van der Waals surface area contributed by atoms with Gasteiger partial charge in [-0.1, -0.05) is 43.9 Å². The molecule has 2 aromatic rings. The van der Waals surface area contributed by atoms with Gasteiger partial charge in [0, 0.05) is 24.0 Å². The van der Waals surface area contributed by atoms with Crippen LogP contribution in [0.5, 0.6) is 0 Å². The van der Waals surface area contributed by atoms with Gasteiger partial charge in [0.05, 0.1) is 10.8 Å². The number of carbonyl (C=O) groups is 1. The molecule has 0 aliphatic rings. The molecule has 8 heteroatoms. The molecule has 6 nitrogen and oxygen atoms in total. The van der Waals surface area contributed by atoms with E-state index in [2.05, 4.69) is 15.8 Å². The van der Waals surface area contributed by atoms with Crippen molar-refractivity contribution in [3.8, 4) is 0 Å². The highest BCUT2D eigenvalue weighted by Gasteiger charge is 2.18. The number of sulfonamides is 1. The lowest BCUT2D eigenvalue weighted by atomic mass is 9.87. The first kappa shape index (κ1) is 25.3. The van der Waals surface area contributed by atoms with Crippen LogP contribution in [0.2, 0.25) is 5.02 Å². The maximum absolute atomic E-state index is 12.3. The predicted molar refractivity (Wildman–Crippen MR) is 123 cm³/mol. The van der Waals surface area contributed by atoms with E-state index in [4.69, 9.17) is 11.6 Å². The number of rotatable bonds is 14. The predicted octanol–water partition coefficient (Wildman–Crippen LogP) is 4.93. The average Bonchev–Trinajstić information content (AvgIpc) is 2.74. The van der Waals surface area contributed by atoms with Crippen LogP contribution < -0.4 is 4.72 Å². The lowest BCUT2D eigenvalue weighted by molar-refractivity contribution is -0.141. The van der Waals surface area contributed by atoms with Crippen molar-refractivity contribution in [2.75, 3.05) is 6.54 Å². The Balaban J connectivity index is 1.77. The quantitative estimate of drug-likeness (QED) is 0.384. The molecule has 31 heavy (non-hydrogen) atoms. The van der Waals surface area contributed by atoms with Gasteiger partial charge in [0.25, 0.3) is 0 Å². The summed E-state index contributed by atoms with van der Waals surface area (Å²) in [6, 6.07) is 10.0. The second kappa shape index (κ2) is 12.8. The van der Waals surface area contributed by atoms with Gasteiger partial charge in [-0.15, -0.1) is 0 Å². The van der Waals surface area contributed by atoms with Crippen molar-refractivity contribution in [1.82, 2.24) is 9.71 Å². The third-order valence-electron chi connectivity index (χ3n) is 5.36. The van der Waals surface area contributed by atoms with Gasteiger partial charge in [-0.25, -0.2) is 13.1 Å². The van der Waals surface area contributed by atoms with E-state index >= 15 is 0 Å². The highest BCUT2D eigenvalue weighted by molar-refractivity contribution is 7.89. The van der Waals surface area contributed by atoms with Crippen molar-refractivity contribution in [2.45, 2.75) is 56.8 Å². The van der Waals surface area contributed by atoms with Gasteiger partial charge in [-0.3, -0.25) is 9.78 Å². The lowest BCUT2D eigenvalue weighted by Crippen LogP contribution is -2.25. The topological polar surface area (TPSA) is 96.4 Å². The number of carboxylic acid groups (broad SMARTS) is 1. The average molecular weight is 467 g/mol. The molecule has 2 unspecified atom stereocenters. The zero-order valence-electron chi connectivity index (χ0n) is 17.8. The Morgan fingerprint density at radius 2 is 1.84 bits per heavy atom.